The molecular weight excluding hydrogens is 100 g/mol. The van der Waals surface area contributed by atoms with E-state index in [1.165, 1.54) is 5.57 Å². The molecule has 1 aliphatic carbocycles. The van der Waals surface area contributed by atoms with E-state index < -0.39 is 0 Å². The Balaban J connectivity index is 2.62. The molecule has 1 heteroatoms. The second-order valence-electron chi connectivity index (χ2n) is 2.10. The minimum absolute atomic E-state index is 0.988. The summed E-state index contributed by atoms with van der Waals surface area (Å²) in [5.41, 5.74) is 2.41. The molecule has 0 aromatic carbocycles. The van der Waals surface area contributed by atoms with Crippen LogP contribution in [-0.4, -0.2) is 6.29 Å². The van der Waals surface area contributed by atoms with Gasteiger partial charge in [0.25, 0.3) is 0 Å². The Kier molecular flexibility index (Phi) is 1.47. The Morgan fingerprint density at radius 2 is 2.38 bits per heavy atom. The molecule has 44 valence electrons. The zero-order chi connectivity index (χ0) is 5.98. The van der Waals surface area contributed by atoms with Gasteiger partial charge in [0.15, 0.2) is 0 Å². The third kappa shape index (κ3) is 0.683. The average Bonchev–Trinajstić information content (AvgIpc) is 1.66. The fourth-order valence-corrected chi connectivity index (χ4v) is 0.992. The predicted molar refractivity (Wildman–Crippen MR) is 32.6 cm³/mol. The van der Waals surface area contributed by atoms with E-state index in [9.17, 15) is 4.79 Å². The van der Waals surface area contributed by atoms with Crippen LogP contribution >= 0.6 is 0 Å². The van der Waals surface area contributed by atoms with Crippen molar-refractivity contribution in [2.45, 2.75) is 26.2 Å². The van der Waals surface area contributed by atoms with Gasteiger partial charge in [0.05, 0.1) is 0 Å². The van der Waals surface area contributed by atoms with E-state index in [4.69, 9.17) is 0 Å². The molecule has 0 saturated carbocycles. The van der Waals surface area contributed by atoms with Crippen molar-refractivity contribution >= 4 is 6.29 Å². The molecule has 1 aliphatic rings. The lowest BCUT2D eigenvalue weighted by molar-refractivity contribution is -0.105. The standard InChI is InChI=1S/C7H10O/c1-2-6-3-4-7(6)5-8/h5H,2-4H2,1H3. The number of rotatable bonds is 2. The molecule has 0 amide bonds. The van der Waals surface area contributed by atoms with Gasteiger partial charge in [0.2, 0.25) is 0 Å². The predicted octanol–water partition coefficient (Wildman–Crippen LogP) is 1.69. The van der Waals surface area contributed by atoms with E-state index in [-0.39, 0.29) is 0 Å². The molecule has 0 aliphatic heterocycles. The topological polar surface area (TPSA) is 17.1 Å². The highest BCUT2D eigenvalue weighted by Gasteiger charge is 2.12. The second-order valence-corrected chi connectivity index (χ2v) is 2.10. The van der Waals surface area contributed by atoms with E-state index in [0.717, 1.165) is 31.1 Å². The number of hydrogen-bond acceptors (Lipinski definition) is 1. The Hall–Kier alpha value is -0.590. The summed E-state index contributed by atoms with van der Waals surface area (Å²) in [6, 6.07) is 0. The van der Waals surface area contributed by atoms with Crippen molar-refractivity contribution in [1.29, 1.82) is 0 Å². The van der Waals surface area contributed by atoms with Crippen LogP contribution in [0.2, 0.25) is 0 Å². The molecule has 0 radical (unpaired) electrons. The molecule has 0 fully saturated rings. The molecular formula is C7H10O. The van der Waals surface area contributed by atoms with E-state index in [1.807, 2.05) is 0 Å². The van der Waals surface area contributed by atoms with Crippen LogP contribution in [0.5, 0.6) is 0 Å². The number of allylic oxidation sites excluding steroid dienone is 2. The van der Waals surface area contributed by atoms with Gasteiger partial charge in [-0.05, 0) is 24.8 Å². The number of aldehydes is 1. The minimum atomic E-state index is 0.988. The first kappa shape index (κ1) is 5.54. The van der Waals surface area contributed by atoms with Crippen LogP contribution in [0.15, 0.2) is 11.1 Å². The van der Waals surface area contributed by atoms with E-state index in [1.54, 1.807) is 0 Å². The minimum Gasteiger partial charge on any atom is -0.298 e. The van der Waals surface area contributed by atoms with Gasteiger partial charge in [-0.3, -0.25) is 4.79 Å². The zero-order valence-corrected chi connectivity index (χ0v) is 5.11. The third-order valence-electron chi connectivity index (χ3n) is 1.72. The number of hydrogen-bond donors (Lipinski definition) is 0. The van der Waals surface area contributed by atoms with Crippen LogP contribution in [0.1, 0.15) is 26.2 Å². The smallest absolute Gasteiger partial charge is 0.145 e. The van der Waals surface area contributed by atoms with Crippen molar-refractivity contribution in [3.8, 4) is 0 Å². The van der Waals surface area contributed by atoms with Gasteiger partial charge < -0.3 is 0 Å². The zero-order valence-electron chi connectivity index (χ0n) is 5.11. The van der Waals surface area contributed by atoms with E-state index in [0.29, 0.717) is 0 Å². The van der Waals surface area contributed by atoms with Crippen molar-refractivity contribution in [3.63, 3.8) is 0 Å². The maximum absolute atomic E-state index is 10.1. The Bertz CT molecular complexity index is 133. The largest absolute Gasteiger partial charge is 0.298 e. The van der Waals surface area contributed by atoms with Crippen molar-refractivity contribution in [2.24, 2.45) is 0 Å². The summed E-state index contributed by atoms with van der Waals surface area (Å²) in [7, 11) is 0. The molecule has 0 N–H and O–H groups in total. The van der Waals surface area contributed by atoms with Crippen molar-refractivity contribution in [1.82, 2.24) is 0 Å². The van der Waals surface area contributed by atoms with Crippen LogP contribution in [0.4, 0.5) is 0 Å². The fraction of sp³-hybridized carbons (Fsp3) is 0.571. The van der Waals surface area contributed by atoms with Crippen LogP contribution < -0.4 is 0 Å². The number of carbonyl (C=O) groups is 1. The van der Waals surface area contributed by atoms with Gasteiger partial charge in [-0.25, -0.2) is 0 Å². The summed E-state index contributed by atoms with van der Waals surface area (Å²) >= 11 is 0. The highest BCUT2D eigenvalue weighted by Crippen LogP contribution is 2.27. The molecule has 0 aromatic heterocycles. The van der Waals surface area contributed by atoms with Gasteiger partial charge in [-0.1, -0.05) is 12.5 Å². The lowest BCUT2D eigenvalue weighted by Gasteiger charge is -2.17. The van der Waals surface area contributed by atoms with Crippen LogP contribution in [0.25, 0.3) is 0 Å². The summed E-state index contributed by atoms with van der Waals surface area (Å²) in [4.78, 5) is 10.1. The second kappa shape index (κ2) is 2.12. The highest BCUT2D eigenvalue weighted by atomic mass is 16.1. The molecule has 8 heavy (non-hydrogen) atoms. The van der Waals surface area contributed by atoms with Crippen LogP contribution in [0, 0.1) is 0 Å². The monoisotopic (exact) mass is 110 g/mol. The van der Waals surface area contributed by atoms with Crippen molar-refractivity contribution in [2.75, 3.05) is 0 Å². The normalized spacial score (nSPS) is 18.1. The third-order valence-corrected chi connectivity index (χ3v) is 1.72. The first-order valence-electron chi connectivity index (χ1n) is 3.04. The summed E-state index contributed by atoms with van der Waals surface area (Å²) < 4.78 is 0. The Labute approximate surface area is 49.4 Å². The van der Waals surface area contributed by atoms with E-state index >= 15 is 0 Å². The van der Waals surface area contributed by atoms with Gasteiger partial charge >= 0.3 is 0 Å². The van der Waals surface area contributed by atoms with Gasteiger partial charge in [0.1, 0.15) is 6.29 Å². The van der Waals surface area contributed by atoms with Gasteiger partial charge in [0, 0.05) is 0 Å². The molecule has 1 nitrogen and oxygen atoms in total. The highest BCUT2D eigenvalue weighted by molar-refractivity contribution is 5.77. The first-order valence-corrected chi connectivity index (χ1v) is 3.04. The molecule has 0 atom stereocenters. The average molecular weight is 110 g/mol. The Morgan fingerprint density at radius 1 is 1.62 bits per heavy atom. The van der Waals surface area contributed by atoms with Crippen LogP contribution in [-0.2, 0) is 4.79 Å². The fourth-order valence-electron chi connectivity index (χ4n) is 0.992. The SMILES string of the molecule is CCC1=C(C=O)CC1. The Morgan fingerprint density at radius 3 is 2.50 bits per heavy atom. The molecule has 0 unspecified atom stereocenters. The summed E-state index contributed by atoms with van der Waals surface area (Å²) in [6.45, 7) is 2.10. The van der Waals surface area contributed by atoms with Crippen molar-refractivity contribution < 1.29 is 4.79 Å². The molecule has 0 saturated heterocycles. The maximum atomic E-state index is 10.1. The molecule has 1 rings (SSSR count). The molecule has 0 heterocycles. The summed E-state index contributed by atoms with van der Waals surface area (Å²) in [6.07, 6.45) is 4.23. The quantitative estimate of drug-likeness (QED) is 0.494. The molecule has 0 spiro atoms. The maximum Gasteiger partial charge on any atom is 0.145 e. The number of carbonyl (C=O) groups excluding carboxylic acids is 1. The molecule has 0 bridgehead atoms. The van der Waals surface area contributed by atoms with E-state index in [2.05, 4.69) is 6.92 Å². The summed E-state index contributed by atoms with van der Waals surface area (Å²) in [5.74, 6) is 0. The summed E-state index contributed by atoms with van der Waals surface area (Å²) in [5, 5.41) is 0. The molecule has 0 aromatic rings. The van der Waals surface area contributed by atoms with Gasteiger partial charge in [-0.15, -0.1) is 0 Å². The van der Waals surface area contributed by atoms with Crippen molar-refractivity contribution in [3.05, 3.63) is 11.1 Å². The lowest BCUT2D eigenvalue weighted by atomic mass is 9.88. The van der Waals surface area contributed by atoms with Gasteiger partial charge in [-0.2, -0.15) is 0 Å². The first-order chi connectivity index (χ1) is 3.88. The lowest BCUT2D eigenvalue weighted by Crippen LogP contribution is -2.03. The van der Waals surface area contributed by atoms with Crippen LogP contribution in [0.3, 0.4) is 0 Å².